The second-order valence-electron chi connectivity index (χ2n) is 6.68. The molecular weight excluding hydrogens is 368 g/mol. The lowest BCUT2D eigenvalue weighted by Gasteiger charge is -2.39. The Hall–Kier alpha value is -2.63. The van der Waals surface area contributed by atoms with Gasteiger partial charge in [-0.05, 0) is 43.5 Å². The molecule has 27 heavy (non-hydrogen) atoms. The van der Waals surface area contributed by atoms with Gasteiger partial charge in [0.1, 0.15) is 6.07 Å². The third kappa shape index (κ3) is 3.13. The highest BCUT2D eigenvalue weighted by molar-refractivity contribution is 7.91. The molecule has 1 aromatic heterocycles. The van der Waals surface area contributed by atoms with Crippen LogP contribution in [0.15, 0.2) is 55.6 Å². The van der Waals surface area contributed by atoms with E-state index >= 15 is 0 Å². The summed E-state index contributed by atoms with van der Waals surface area (Å²) in [5, 5.41) is 9.63. The van der Waals surface area contributed by atoms with Crippen LogP contribution >= 0.6 is 0 Å². The number of hydrogen-bond donors (Lipinski definition) is 0. The van der Waals surface area contributed by atoms with E-state index in [1.54, 1.807) is 6.07 Å². The molecule has 0 spiro atoms. The summed E-state index contributed by atoms with van der Waals surface area (Å²) in [4.78, 5) is 13.3. The molecule has 140 valence electrons. The maximum atomic E-state index is 12.8. The lowest BCUT2D eigenvalue weighted by atomic mass is 10.1. The number of rotatable bonds is 3. The van der Waals surface area contributed by atoms with Crippen LogP contribution < -0.4 is 10.5 Å². The van der Waals surface area contributed by atoms with Gasteiger partial charge in [0.25, 0.3) is 0 Å². The molecule has 1 saturated carbocycles. The number of nitriles is 1. The second kappa shape index (κ2) is 6.83. The number of ether oxygens (including phenoxy) is 1. The van der Waals surface area contributed by atoms with Crippen LogP contribution in [-0.2, 0) is 14.6 Å². The summed E-state index contributed by atoms with van der Waals surface area (Å²) in [7, 11) is -3.91. The van der Waals surface area contributed by atoms with Gasteiger partial charge in [0.2, 0.25) is 9.84 Å². The van der Waals surface area contributed by atoms with E-state index < -0.39 is 15.5 Å². The van der Waals surface area contributed by atoms with E-state index in [1.165, 1.54) is 18.2 Å². The topological polar surface area (TPSA) is 101 Å². The predicted octanol–water partition coefficient (Wildman–Crippen LogP) is 2.10. The molecule has 2 aliphatic rings. The maximum Gasteiger partial charge on any atom is 0.336 e. The predicted molar refractivity (Wildman–Crippen MR) is 96.3 cm³/mol. The Morgan fingerprint density at radius 1 is 1.15 bits per heavy atom. The summed E-state index contributed by atoms with van der Waals surface area (Å²) in [5.74, 6) is 0. The Morgan fingerprint density at radius 2 is 1.96 bits per heavy atom. The van der Waals surface area contributed by atoms with E-state index in [9.17, 15) is 18.5 Å². The molecule has 0 amide bonds. The lowest BCUT2D eigenvalue weighted by Crippen LogP contribution is -2.49. The summed E-state index contributed by atoms with van der Waals surface area (Å²) in [6.45, 7) is 1.26. The van der Waals surface area contributed by atoms with Gasteiger partial charge >= 0.3 is 5.63 Å². The molecule has 2 atom stereocenters. The first-order chi connectivity index (χ1) is 13.0. The van der Waals surface area contributed by atoms with Crippen molar-refractivity contribution in [2.24, 2.45) is 0 Å². The minimum atomic E-state index is -3.91. The molecule has 1 saturated heterocycles. The smallest absolute Gasteiger partial charge is 0.336 e. The van der Waals surface area contributed by atoms with Crippen molar-refractivity contribution in [1.29, 1.82) is 5.26 Å². The quantitative estimate of drug-likeness (QED) is 0.796. The van der Waals surface area contributed by atoms with Crippen molar-refractivity contribution in [3.8, 4) is 6.07 Å². The van der Waals surface area contributed by atoms with Gasteiger partial charge < -0.3 is 14.1 Å². The highest BCUT2D eigenvalue weighted by atomic mass is 32.2. The maximum absolute atomic E-state index is 12.8. The van der Waals surface area contributed by atoms with E-state index in [0.29, 0.717) is 18.7 Å². The minimum absolute atomic E-state index is 0.0235. The zero-order valence-corrected chi connectivity index (χ0v) is 15.3. The summed E-state index contributed by atoms with van der Waals surface area (Å²) >= 11 is 0. The van der Waals surface area contributed by atoms with Crippen molar-refractivity contribution in [1.82, 2.24) is 0 Å². The van der Waals surface area contributed by atoms with Crippen LogP contribution in [0, 0.1) is 11.3 Å². The van der Waals surface area contributed by atoms with E-state index in [4.69, 9.17) is 4.74 Å². The molecule has 7 nitrogen and oxygen atoms in total. The van der Waals surface area contributed by atoms with Gasteiger partial charge in [-0.2, -0.15) is 5.26 Å². The number of fused-ring (bicyclic) bond motifs is 1. The van der Waals surface area contributed by atoms with E-state index in [1.807, 2.05) is 0 Å². The number of benzene rings is 1. The number of hydrogen-bond acceptors (Lipinski definition) is 7. The highest BCUT2D eigenvalue weighted by Gasteiger charge is 2.37. The number of morpholine rings is 1. The second-order valence-corrected chi connectivity index (χ2v) is 8.63. The Kier molecular flexibility index (Phi) is 4.50. The van der Waals surface area contributed by atoms with E-state index in [-0.39, 0.29) is 21.9 Å². The molecule has 4 rings (SSSR count). The van der Waals surface area contributed by atoms with E-state index in [0.717, 1.165) is 37.3 Å². The molecule has 0 radical (unpaired) electrons. The number of nitrogens with zero attached hydrogens (tertiary/aromatic N) is 2. The normalized spacial score (nSPS) is 22.3. The van der Waals surface area contributed by atoms with Crippen molar-refractivity contribution in [2.75, 3.05) is 18.1 Å². The van der Waals surface area contributed by atoms with Crippen LogP contribution in [0.1, 0.15) is 24.8 Å². The standard InChI is InChI=1S/C19H18N2O5S/c20-12-13-10-14(27(23,24)15-6-8-26-19(22)11-15)4-5-16(13)21-7-9-25-18-3-1-2-17(18)21/h4-6,8,10-11,17-18H,1-3,7,9H2/t17-,18-/m1/s1. The number of anilines is 1. The zero-order chi connectivity index (χ0) is 19.0. The van der Waals surface area contributed by atoms with E-state index in [2.05, 4.69) is 15.4 Å². The summed E-state index contributed by atoms with van der Waals surface area (Å²) in [6.07, 6.45) is 4.29. The summed E-state index contributed by atoms with van der Waals surface area (Å²) in [6, 6.07) is 9.03. The molecule has 2 fully saturated rings. The third-order valence-electron chi connectivity index (χ3n) is 5.18. The molecule has 1 aliphatic carbocycles. The first-order valence-electron chi connectivity index (χ1n) is 8.77. The van der Waals surface area contributed by atoms with Gasteiger partial charge in [0, 0.05) is 12.6 Å². The fraction of sp³-hybridized carbons (Fsp3) is 0.368. The van der Waals surface area contributed by atoms with Gasteiger partial charge in [0.05, 0.1) is 46.1 Å². The fourth-order valence-electron chi connectivity index (χ4n) is 3.92. The van der Waals surface area contributed by atoms with Crippen LogP contribution in [0.4, 0.5) is 5.69 Å². The van der Waals surface area contributed by atoms with Crippen LogP contribution in [0.2, 0.25) is 0 Å². The average Bonchev–Trinajstić information content (AvgIpc) is 3.16. The average molecular weight is 386 g/mol. The first-order valence-corrected chi connectivity index (χ1v) is 10.3. The monoisotopic (exact) mass is 386 g/mol. The Labute approximate surface area is 156 Å². The molecule has 2 aromatic rings. The molecule has 0 bridgehead atoms. The molecular formula is C19H18N2O5S. The fourth-order valence-corrected chi connectivity index (χ4v) is 5.20. The Balaban J connectivity index is 1.74. The Bertz CT molecular complexity index is 1070. The molecule has 0 unspecified atom stereocenters. The molecule has 8 heteroatoms. The molecule has 1 aliphatic heterocycles. The zero-order valence-electron chi connectivity index (χ0n) is 14.5. The number of sulfone groups is 1. The third-order valence-corrected chi connectivity index (χ3v) is 6.93. The van der Waals surface area contributed by atoms with Crippen LogP contribution in [0.25, 0.3) is 0 Å². The molecule has 2 heterocycles. The summed E-state index contributed by atoms with van der Waals surface area (Å²) in [5.41, 5.74) is 0.282. The van der Waals surface area contributed by atoms with Crippen molar-refractivity contribution < 1.29 is 17.6 Å². The first kappa shape index (κ1) is 17.8. The highest BCUT2D eigenvalue weighted by Crippen LogP contribution is 2.35. The largest absolute Gasteiger partial charge is 0.431 e. The van der Waals surface area contributed by atoms with Gasteiger partial charge in [-0.1, -0.05) is 0 Å². The Morgan fingerprint density at radius 3 is 2.74 bits per heavy atom. The van der Waals surface area contributed by atoms with Crippen molar-refractivity contribution in [3.05, 3.63) is 52.6 Å². The minimum Gasteiger partial charge on any atom is -0.431 e. The molecule has 0 N–H and O–H groups in total. The van der Waals surface area contributed by atoms with Gasteiger partial charge in [-0.3, -0.25) is 0 Å². The SMILES string of the molecule is N#Cc1cc(S(=O)(=O)c2ccoc(=O)c2)ccc1N1CCO[C@@H]2CCC[C@H]21. The van der Waals surface area contributed by atoms with Crippen molar-refractivity contribution in [3.63, 3.8) is 0 Å². The van der Waals surface area contributed by atoms with Crippen molar-refractivity contribution >= 4 is 15.5 Å². The van der Waals surface area contributed by atoms with Gasteiger partial charge in [-0.15, -0.1) is 0 Å². The van der Waals surface area contributed by atoms with Crippen LogP contribution in [0.3, 0.4) is 0 Å². The lowest BCUT2D eigenvalue weighted by molar-refractivity contribution is 0.0256. The van der Waals surface area contributed by atoms with Crippen LogP contribution in [0.5, 0.6) is 0 Å². The van der Waals surface area contributed by atoms with Crippen molar-refractivity contribution in [2.45, 2.75) is 41.2 Å². The summed E-state index contributed by atoms with van der Waals surface area (Å²) < 4.78 is 36.0. The van der Waals surface area contributed by atoms with Gasteiger partial charge in [-0.25, -0.2) is 13.2 Å². The van der Waals surface area contributed by atoms with Gasteiger partial charge in [0.15, 0.2) is 0 Å². The van der Waals surface area contributed by atoms with Crippen LogP contribution in [-0.4, -0.2) is 33.7 Å². The molecule has 1 aromatic carbocycles.